The van der Waals surface area contributed by atoms with Gasteiger partial charge in [-0.15, -0.1) is 0 Å². The van der Waals surface area contributed by atoms with E-state index in [9.17, 15) is 24.9 Å². The van der Waals surface area contributed by atoms with Gasteiger partial charge in [0.15, 0.2) is 24.0 Å². The molecule has 4 rings (SSSR count). The molecule has 0 aliphatic carbocycles. The van der Waals surface area contributed by atoms with E-state index in [1.165, 1.54) is 7.11 Å². The lowest BCUT2D eigenvalue weighted by Crippen LogP contribution is -2.57. The van der Waals surface area contributed by atoms with Gasteiger partial charge in [-0.25, -0.2) is 0 Å². The van der Waals surface area contributed by atoms with Crippen molar-refractivity contribution in [2.45, 2.75) is 154 Å². The van der Waals surface area contributed by atoms with Gasteiger partial charge in [-0.1, -0.05) is 27.7 Å². The highest BCUT2D eigenvalue weighted by Gasteiger charge is 2.57. The highest BCUT2D eigenvalue weighted by Crippen LogP contribution is 2.43. The number of carbonyl (C=O) groups is 2. The first-order chi connectivity index (χ1) is 22.4. The third-order valence-corrected chi connectivity index (χ3v) is 11.4. The maximum atomic E-state index is 13.9. The number of likely N-dealkylation sites (N-methyl/N-ethyl adjacent to an activating group) is 1. The van der Waals surface area contributed by atoms with E-state index in [0.717, 1.165) is 0 Å². The van der Waals surface area contributed by atoms with Crippen LogP contribution in [0.15, 0.2) is 0 Å². The Morgan fingerprint density at radius 1 is 0.792 bits per heavy atom. The SMILES string of the molecule is CO[C@H]1C[C@H](O[C@H]2[C@@H](C)[C@@H](O[C@@H]3O[C@H](C)C[C@H](N(C)C)[C@H]3O)[C@@H](C)C[C@@]3(CO3)C(=O)[C@H](C)[C@H](O)[C@@H](C)[C@@H](C)OC(=O)[C@@H]2C)O[C@@H](C)[C@@H]1O. The molecule has 278 valence electrons. The van der Waals surface area contributed by atoms with Crippen LogP contribution < -0.4 is 0 Å². The fraction of sp³-hybridized carbons (Fsp3) is 0.943. The van der Waals surface area contributed by atoms with Crippen LogP contribution in [0.2, 0.25) is 0 Å². The highest BCUT2D eigenvalue weighted by atomic mass is 16.7. The van der Waals surface area contributed by atoms with Gasteiger partial charge in [0, 0.05) is 37.3 Å². The first-order valence-corrected chi connectivity index (χ1v) is 17.7. The second-order valence-electron chi connectivity index (χ2n) is 15.3. The highest BCUT2D eigenvalue weighted by molar-refractivity contribution is 5.92. The van der Waals surface area contributed by atoms with Crippen LogP contribution in [0.3, 0.4) is 0 Å². The van der Waals surface area contributed by atoms with Crippen molar-refractivity contribution in [1.82, 2.24) is 4.90 Å². The number of carbonyl (C=O) groups excluding carboxylic acids is 2. The molecule has 0 aromatic carbocycles. The minimum atomic E-state index is -1.10. The molecular weight excluding hydrogens is 626 g/mol. The van der Waals surface area contributed by atoms with Crippen LogP contribution in [-0.2, 0) is 42.7 Å². The smallest absolute Gasteiger partial charge is 0.311 e. The minimum absolute atomic E-state index is 0.198. The molecule has 0 aromatic rings. The van der Waals surface area contributed by atoms with Gasteiger partial charge in [0.25, 0.3) is 0 Å². The molecule has 0 unspecified atom stereocenters. The zero-order valence-electron chi connectivity index (χ0n) is 30.6. The predicted octanol–water partition coefficient (Wildman–Crippen LogP) is 1.91. The molecule has 0 bridgehead atoms. The number of cyclic esters (lactones) is 1. The maximum Gasteiger partial charge on any atom is 0.311 e. The van der Waals surface area contributed by atoms with Crippen molar-refractivity contribution >= 4 is 11.8 Å². The van der Waals surface area contributed by atoms with Crippen LogP contribution in [0.25, 0.3) is 0 Å². The summed E-state index contributed by atoms with van der Waals surface area (Å²) in [6, 6.07) is -0.219. The number of nitrogens with zero attached hydrogens (tertiary/aromatic N) is 1. The van der Waals surface area contributed by atoms with Crippen LogP contribution >= 0.6 is 0 Å². The fourth-order valence-electron chi connectivity index (χ4n) is 7.89. The third kappa shape index (κ3) is 8.43. The Balaban J connectivity index is 1.75. The summed E-state index contributed by atoms with van der Waals surface area (Å²) in [4.78, 5) is 29.7. The average Bonchev–Trinajstić information content (AvgIpc) is 3.82. The number of esters is 1. The van der Waals surface area contributed by atoms with Crippen molar-refractivity contribution in [3.63, 3.8) is 0 Å². The van der Waals surface area contributed by atoms with Crippen LogP contribution in [0, 0.1) is 29.6 Å². The van der Waals surface area contributed by atoms with Crippen molar-refractivity contribution in [2.75, 3.05) is 27.8 Å². The molecule has 48 heavy (non-hydrogen) atoms. The molecule has 4 saturated heterocycles. The summed E-state index contributed by atoms with van der Waals surface area (Å²) in [6.07, 6.45) is -7.15. The van der Waals surface area contributed by atoms with Crippen LogP contribution in [0.5, 0.6) is 0 Å². The first-order valence-electron chi connectivity index (χ1n) is 17.7. The summed E-state index contributed by atoms with van der Waals surface area (Å²) in [5, 5.41) is 33.3. The molecular formula is C35H61NO12. The summed E-state index contributed by atoms with van der Waals surface area (Å²) in [5.41, 5.74) is -1.10. The lowest BCUT2D eigenvalue weighted by Gasteiger charge is -2.46. The van der Waals surface area contributed by atoms with Gasteiger partial charge in [-0.2, -0.15) is 0 Å². The standard InChI is InChI=1S/C35H61NO12/c1-16-14-35(15-43-35)32(40)19(4)27(37)18(3)22(7)46-33(41)21(6)31(47-26-13-25(42-11)28(38)23(8)45-26)20(5)30(16)48-34-29(39)24(36(9)10)12-17(2)44-34/h16-31,34,37-39H,12-15H2,1-11H3/t16-,17+,18-,19+,20-,21+,22+,23-,24-,25-,26-,27+,28-,29+,30-,31-,34-,35+/m0/s1. The molecule has 4 fully saturated rings. The number of ketones is 1. The zero-order valence-corrected chi connectivity index (χ0v) is 30.6. The second kappa shape index (κ2) is 16.0. The van der Waals surface area contributed by atoms with Gasteiger partial charge >= 0.3 is 5.97 Å². The van der Waals surface area contributed by atoms with Gasteiger partial charge in [-0.3, -0.25) is 9.59 Å². The number of ether oxygens (including phenoxy) is 7. The van der Waals surface area contributed by atoms with Crippen molar-refractivity contribution in [3.05, 3.63) is 0 Å². The Bertz CT molecular complexity index is 1090. The van der Waals surface area contributed by atoms with E-state index in [4.69, 9.17) is 33.2 Å². The summed E-state index contributed by atoms with van der Waals surface area (Å²) in [5.74, 6) is -3.74. The van der Waals surface area contributed by atoms with E-state index in [1.54, 1.807) is 34.6 Å². The predicted molar refractivity (Wildman–Crippen MR) is 174 cm³/mol. The molecule has 0 amide bonds. The Labute approximate surface area is 285 Å². The summed E-state index contributed by atoms with van der Waals surface area (Å²) < 4.78 is 43.0. The van der Waals surface area contributed by atoms with Gasteiger partial charge < -0.3 is 53.4 Å². The van der Waals surface area contributed by atoms with E-state index >= 15 is 0 Å². The molecule has 3 N–H and O–H groups in total. The third-order valence-electron chi connectivity index (χ3n) is 11.4. The van der Waals surface area contributed by atoms with E-state index in [1.807, 2.05) is 39.8 Å². The largest absolute Gasteiger partial charge is 0.462 e. The molecule has 0 saturated carbocycles. The molecule has 0 radical (unpaired) electrons. The molecule has 1 spiro atoms. The Morgan fingerprint density at radius 3 is 2.02 bits per heavy atom. The number of epoxide rings is 1. The zero-order chi connectivity index (χ0) is 35.8. The Hall–Kier alpha value is -1.26. The summed E-state index contributed by atoms with van der Waals surface area (Å²) in [7, 11) is 5.32. The van der Waals surface area contributed by atoms with Crippen molar-refractivity contribution in [3.8, 4) is 0 Å². The van der Waals surface area contributed by atoms with Crippen LogP contribution in [0.1, 0.15) is 74.7 Å². The molecule has 18 atom stereocenters. The maximum absolute atomic E-state index is 13.9. The van der Waals surface area contributed by atoms with E-state index < -0.39 is 96.7 Å². The van der Waals surface area contributed by atoms with Crippen molar-refractivity contribution in [2.24, 2.45) is 29.6 Å². The quantitative estimate of drug-likeness (QED) is 0.274. The summed E-state index contributed by atoms with van der Waals surface area (Å²) >= 11 is 0. The average molecular weight is 688 g/mol. The topological polar surface area (TPSA) is 166 Å². The number of hydrogen-bond donors (Lipinski definition) is 3. The van der Waals surface area contributed by atoms with Gasteiger partial charge in [0.2, 0.25) is 0 Å². The van der Waals surface area contributed by atoms with E-state index in [0.29, 0.717) is 6.42 Å². The monoisotopic (exact) mass is 687 g/mol. The minimum Gasteiger partial charge on any atom is -0.462 e. The van der Waals surface area contributed by atoms with Crippen LogP contribution in [-0.4, -0.2) is 139 Å². The van der Waals surface area contributed by atoms with E-state index in [2.05, 4.69) is 0 Å². The Kier molecular flexibility index (Phi) is 13.1. The summed E-state index contributed by atoms with van der Waals surface area (Å²) in [6.45, 7) is 14.6. The van der Waals surface area contributed by atoms with Crippen molar-refractivity contribution in [1.29, 1.82) is 0 Å². The molecule has 13 nitrogen and oxygen atoms in total. The number of rotatable bonds is 6. The number of aliphatic hydroxyl groups is 3. The normalized spacial score (nSPS) is 49.9. The van der Waals surface area contributed by atoms with Crippen molar-refractivity contribution < 1.29 is 58.1 Å². The molecule has 4 aliphatic heterocycles. The number of Topliss-reactive ketones (excluding diaryl/α,β-unsaturated/α-hetero) is 1. The fourth-order valence-corrected chi connectivity index (χ4v) is 7.89. The lowest BCUT2D eigenvalue weighted by molar-refractivity contribution is -0.299. The molecule has 13 heteroatoms. The van der Waals surface area contributed by atoms with Gasteiger partial charge in [0.05, 0.1) is 49.1 Å². The van der Waals surface area contributed by atoms with E-state index in [-0.39, 0.29) is 43.3 Å². The molecule has 0 aromatic heterocycles. The lowest BCUT2D eigenvalue weighted by atomic mass is 9.76. The molecule has 4 aliphatic rings. The van der Waals surface area contributed by atoms with Gasteiger partial charge in [-0.05, 0) is 60.5 Å². The number of hydrogen-bond acceptors (Lipinski definition) is 13. The second-order valence-corrected chi connectivity index (χ2v) is 15.3. The molecule has 4 heterocycles. The van der Waals surface area contributed by atoms with Crippen LogP contribution in [0.4, 0.5) is 0 Å². The first kappa shape index (κ1) is 39.5. The Morgan fingerprint density at radius 2 is 1.44 bits per heavy atom. The van der Waals surface area contributed by atoms with Gasteiger partial charge in [0.1, 0.15) is 18.3 Å². The number of aliphatic hydroxyl groups excluding tert-OH is 3. The number of methoxy groups -OCH3 is 1.